The van der Waals surface area contributed by atoms with Crippen LogP contribution in [0.5, 0.6) is 0 Å². The second kappa shape index (κ2) is 10.2. The number of rotatable bonds is 7. The summed E-state index contributed by atoms with van der Waals surface area (Å²) in [4.78, 5) is 46.1. The van der Waals surface area contributed by atoms with Gasteiger partial charge in [0.2, 0.25) is 5.91 Å². The van der Waals surface area contributed by atoms with E-state index in [4.69, 9.17) is 4.74 Å². The van der Waals surface area contributed by atoms with E-state index in [1.807, 2.05) is 17.0 Å². The number of carboxylic acids is 1. The van der Waals surface area contributed by atoms with Crippen molar-refractivity contribution >= 4 is 23.7 Å². The fraction of sp³-hybridized carbons (Fsp3) is 0.652. The first-order valence-electron chi connectivity index (χ1n) is 11.7. The molecule has 174 valence electrons. The molecule has 3 aliphatic rings. The minimum Gasteiger partial charge on any atom is -0.480 e. The van der Waals surface area contributed by atoms with Gasteiger partial charge in [0, 0.05) is 50.2 Å². The summed E-state index contributed by atoms with van der Waals surface area (Å²) in [5, 5.41) is 9.36. The summed E-state index contributed by atoms with van der Waals surface area (Å²) in [6, 6.07) is 3.49. The summed E-state index contributed by atoms with van der Waals surface area (Å²) in [5.74, 6) is -1.03. The molecule has 9 heteroatoms. The zero-order chi connectivity index (χ0) is 22.5. The van der Waals surface area contributed by atoms with Gasteiger partial charge >= 0.3 is 12.1 Å². The predicted molar refractivity (Wildman–Crippen MR) is 117 cm³/mol. The average molecular weight is 445 g/mol. The van der Waals surface area contributed by atoms with Crippen molar-refractivity contribution in [3.63, 3.8) is 0 Å². The third kappa shape index (κ3) is 5.14. The van der Waals surface area contributed by atoms with Crippen LogP contribution in [0.2, 0.25) is 0 Å². The van der Waals surface area contributed by atoms with Crippen molar-refractivity contribution in [1.82, 2.24) is 14.8 Å². The van der Waals surface area contributed by atoms with Crippen molar-refractivity contribution in [1.29, 1.82) is 0 Å². The van der Waals surface area contributed by atoms with Gasteiger partial charge in [-0.1, -0.05) is 0 Å². The molecular weight excluding hydrogens is 412 g/mol. The maximum Gasteiger partial charge on any atom is 0.410 e. The standard InChI is InChI=1S/C23H32N4O5/c28-21(26-13-2-1-5-20(26)22(29)30)6-3-4-19-16-27(23(31)32-19)18-9-14-25(15-10-18)17-7-11-24-12-8-17/h7-8,11-12,18-20H,1-6,9-10,13-16H2,(H,29,30). The Morgan fingerprint density at radius 2 is 1.84 bits per heavy atom. The molecule has 3 aliphatic heterocycles. The van der Waals surface area contributed by atoms with Crippen molar-refractivity contribution in [2.75, 3.05) is 31.1 Å². The van der Waals surface area contributed by atoms with Crippen LogP contribution in [0, 0.1) is 0 Å². The van der Waals surface area contributed by atoms with E-state index in [1.165, 1.54) is 4.90 Å². The van der Waals surface area contributed by atoms with Gasteiger partial charge in [-0.05, 0) is 57.1 Å². The fourth-order valence-corrected chi connectivity index (χ4v) is 5.09. The maximum absolute atomic E-state index is 12.5. The molecule has 0 saturated carbocycles. The minimum absolute atomic E-state index is 0.109. The summed E-state index contributed by atoms with van der Waals surface area (Å²) in [5.41, 5.74) is 1.16. The molecule has 0 bridgehead atoms. The SMILES string of the molecule is O=C(O)C1CCCCN1C(=O)CCCC1CN(C2CCN(c3ccncc3)CC2)C(=O)O1. The van der Waals surface area contributed by atoms with Crippen LogP contribution in [-0.4, -0.2) is 82.2 Å². The lowest BCUT2D eigenvalue weighted by Gasteiger charge is -2.36. The molecule has 2 atom stereocenters. The number of piperidine rings is 2. The molecule has 0 aromatic carbocycles. The van der Waals surface area contributed by atoms with Gasteiger partial charge in [0.25, 0.3) is 0 Å². The Morgan fingerprint density at radius 3 is 2.56 bits per heavy atom. The van der Waals surface area contributed by atoms with E-state index in [9.17, 15) is 19.5 Å². The molecule has 0 radical (unpaired) electrons. The Kier molecular flexibility index (Phi) is 7.12. The Bertz CT molecular complexity index is 812. The van der Waals surface area contributed by atoms with Crippen LogP contribution in [0.1, 0.15) is 51.4 Å². The Balaban J connectivity index is 1.21. The van der Waals surface area contributed by atoms with E-state index in [2.05, 4.69) is 9.88 Å². The van der Waals surface area contributed by atoms with Crippen LogP contribution >= 0.6 is 0 Å². The highest BCUT2D eigenvalue weighted by atomic mass is 16.6. The van der Waals surface area contributed by atoms with Gasteiger partial charge in [-0.2, -0.15) is 0 Å². The van der Waals surface area contributed by atoms with Crippen molar-refractivity contribution in [2.24, 2.45) is 0 Å². The van der Waals surface area contributed by atoms with Crippen LogP contribution < -0.4 is 4.90 Å². The molecule has 2 amide bonds. The molecule has 0 aliphatic carbocycles. The van der Waals surface area contributed by atoms with E-state index in [-0.39, 0.29) is 24.1 Å². The number of aromatic nitrogens is 1. The second-order valence-corrected chi connectivity index (χ2v) is 8.91. The van der Waals surface area contributed by atoms with E-state index < -0.39 is 12.0 Å². The summed E-state index contributed by atoms with van der Waals surface area (Å²) in [6.07, 6.45) is 8.64. The number of nitrogens with zero attached hydrogens (tertiary/aromatic N) is 4. The number of carbonyl (C=O) groups is 3. The van der Waals surface area contributed by atoms with Gasteiger partial charge in [-0.3, -0.25) is 9.78 Å². The number of ether oxygens (including phenoxy) is 1. The third-order valence-corrected chi connectivity index (χ3v) is 6.86. The van der Waals surface area contributed by atoms with Gasteiger partial charge in [-0.15, -0.1) is 0 Å². The summed E-state index contributed by atoms with van der Waals surface area (Å²) in [6.45, 7) is 2.85. The van der Waals surface area contributed by atoms with Crippen molar-refractivity contribution in [2.45, 2.75) is 69.6 Å². The molecule has 9 nitrogen and oxygen atoms in total. The first kappa shape index (κ1) is 22.4. The number of carboxylic acid groups (broad SMARTS) is 1. The highest BCUT2D eigenvalue weighted by Gasteiger charge is 2.37. The second-order valence-electron chi connectivity index (χ2n) is 8.91. The van der Waals surface area contributed by atoms with Gasteiger partial charge in [-0.25, -0.2) is 9.59 Å². The van der Waals surface area contributed by atoms with Crippen LogP contribution in [0.4, 0.5) is 10.5 Å². The lowest BCUT2D eigenvalue weighted by atomic mass is 10.0. The molecule has 3 saturated heterocycles. The van der Waals surface area contributed by atoms with Gasteiger partial charge < -0.3 is 24.5 Å². The van der Waals surface area contributed by atoms with E-state index >= 15 is 0 Å². The molecule has 0 spiro atoms. The van der Waals surface area contributed by atoms with Crippen molar-refractivity contribution < 1.29 is 24.2 Å². The Morgan fingerprint density at radius 1 is 1.09 bits per heavy atom. The number of pyridine rings is 1. The maximum atomic E-state index is 12.5. The monoisotopic (exact) mass is 444 g/mol. The van der Waals surface area contributed by atoms with Gasteiger partial charge in [0.1, 0.15) is 12.1 Å². The molecule has 4 rings (SSSR count). The summed E-state index contributed by atoms with van der Waals surface area (Å²) >= 11 is 0. The lowest BCUT2D eigenvalue weighted by molar-refractivity contribution is -0.152. The number of anilines is 1. The van der Waals surface area contributed by atoms with Gasteiger partial charge in [0.15, 0.2) is 0 Å². The number of aliphatic carboxylic acids is 1. The zero-order valence-corrected chi connectivity index (χ0v) is 18.4. The molecular formula is C23H32N4O5. The molecule has 1 aromatic heterocycles. The van der Waals surface area contributed by atoms with Crippen LogP contribution in [0.3, 0.4) is 0 Å². The van der Waals surface area contributed by atoms with E-state index in [0.717, 1.165) is 44.5 Å². The molecule has 4 heterocycles. The smallest absolute Gasteiger partial charge is 0.410 e. The number of hydrogen-bond donors (Lipinski definition) is 1. The number of hydrogen-bond acceptors (Lipinski definition) is 6. The van der Waals surface area contributed by atoms with E-state index in [1.54, 1.807) is 12.4 Å². The van der Waals surface area contributed by atoms with Crippen LogP contribution in [-0.2, 0) is 14.3 Å². The molecule has 1 aromatic rings. The number of cyclic esters (lactones) is 1. The fourth-order valence-electron chi connectivity index (χ4n) is 5.09. The number of carbonyl (C=O) groups excluding carboxylic acids is 2. The molecule has 2 unspecified atom stereocenters. The Labute approximate surface area is 188 Å². The minimum atomic E-state index is -0.923. The summed E-state index contributed by atoms with van der Waals surface area (Å²) < 4.78 is 5.57. The average Bonchev–Trinajstić information content (AvgIpc) is 3.20. The third-order valence-electron chi connectivity index (χ3n) is 6.86. The predicted octanol–water partition coefficient (Wildman–Crippen LogP) is 2.51. The Hall–Kier alpha value is -2.84. The highest BCUT2D eigenvalue weighted by molar-refractivity contribution is 5.83. The highest BCUT2D eigenvalue weighted by Crippen LogP contribution is 2.27. The lowest BCUT2D eigenvalue weighted by Crippen LogP contribution is -2.47. The van der Waals surface area contributed by atoms with Gasteiger partial charge in [0.05, 0.1) is 6.54 Å². The largest absolute Gasteiger partial charge is 0.480 e. The van der Waals surface area contributed by atoms with Crippen LogP contribution in [0.15, 0.2) is 24.5 Å². The van der Waals surface area contributed by atoms with Crippen LogP contribution in [0.25, 0.3) is 0 Å². The van der Waals surface area contributed by atoms with E-state index in [0.29, 0.717) is 38.8 Å². The van der Waals surface area contributed by atoms with Crippen molar-refractivity contribution in [3.05, 3.63) is 24.5 Å². The first-order valence-corrected chi connectivity index (χ1v) is 11.7. The van der Waals surface area contributed by atoms with Crippen molar-refractivity contribution in [3.8, 4) is 0 Å². The molecule has 3 fully saturated rings. The first-order chi connectivity index (χ1) is 15.5. The number of amides is 2. The topological polar surface area (TPSA) is 103 Å². The number of likely N-dealkylation sites (tertiary alicyclic amines) is 1. The molecule has 32 heavy (non-hydrogen) atoms. The molecule has 1 N–H and O–H groups in total. The summed E-state index contributed by atoms with van der Waals surface area (Å²) in [7, 11) is 0. The normalized spacial score (nSPS) is 24.5. The quantitative estimate of drug-likeness (QED) is 0.689. The zero-order valence-electron chi connectivity index (χ0n) is 18.4.